The molecule has 0 saturated heterocycles. The first-order chi connectivity index (χ1) is 16.2. The van der Waals surface area contributed by atoms with Crippen LogP contribution in [0.25, 0.3) is 0 Å². The molecule has 7 heteroatoms. The van der Waals surface area contributed by atoms with Gasteiger partial charge in [0, 0.05) is 24.2 Å². The highest BCUT2D eigenvalue weighted by atomic mass is 16.5. The van der Waals surface area contributed by atoms with Crippen molar-refractivity contribution in [2.75, 3.05) is 0 Å². The highest BCUT2D eigenvalue weighted by Crippen LogP contribution is 2.31. The summed E-state index contributed by atoms with van der Waals surface area (Å²) in [6, 6.07) is 15.9. The number of imidazole rings is 1. The third-order valence-electron chi connectivity index (χ3n) is 6.16. The summed E-state index contributed by atoms with van der Waals surface area (Å²) in [5.74, 6) is -0.331. The SMILES string of the molecule is O=C(O)C(Cn1cc(C(c2ccccc2)n2ccnc2)cn1)Oc1cccc2c1CCCC2. The number of carboxylic acid groups (broad SMARTS) is 1. The molecule has 0 bridgehead atoms. The van der Waals surface area contributed by atoms with E-state index in [0.29, 0.717) is 5.75 Å². The van der Waals surface area contributed by atoms with Crippen LogP contribution in [0.1, 0.15) is 41.1 Å². The van der Waals surface area contributed by atoms with Gasteiger partial charge >= 0.3 is 5.97 Å². The molecule has 4 aromatic rings. The maximum atomic E-state index is 12.0. The smallest absolute Gasteiger partial charge is 0.346 e. The summed E-state index contributed by atoms with van der Waals surface area (Å²) in [5.41, 5.74) is 4.44. The minimum absolute atomic E-state index is 0.104. The lowest BCUT2D eigenvalue weighted by Gasteiger charge is -2.22. The van der Waals surface area contributed by atoms with Crippen molar-refractivity contribution in [3.63, 3.8) is 0 Å². The van der Waals surface area contributed by atoms with Crippen LogP contribution in [0, 0.1) is 0 Å². The lowest BCUT2D eigenvalue weighted by Crippen LogP contribution is -2.32. The number of carbonyl (C=O) groups is 1. The zero-order valence-corrected chi connectivity index (χ0v) is 18.2. The first kappa shape index (κ1) is 21.0. The van der Waals surface area contributed by atoms with E-state index in [-0.39, 0.29) is 12.6 Å². The van der Waals surface area contributed by atoms with Gasteiger partial charge in [0.1, 0.15) is 5.75 Å². The van der Waals surface area contributed by atoms with Crippen LogP contribution in [0.15, 0.2) is 79.6 Å². The van der Waals surface area contributed by atoms with Crippen LogP contribution >= 0.6 is 0 Å². The maximum Gasteiger partial charge on any atom is 0.346 e. The molecule has 2 aromatic carbocycles. The predicted octanol–water partition coefficient (Wildman–Crippen LogP) is 4.13. The number of hydrogen-bond donors (Lipinski definition) is 1. The second kappa shape index (κ2) is 9.32. The summed E-state index contributed by atoms with van der Waals surface area (Å²) in [7, 11) is 0. The zero-order valence-electron chi connectivity index (χ0n) is 18.2. The van der Waals surface area contributed by atoms with Gasteiger partial charge in [-0.3, -0.25) is 4.68 Å². The van der Waals surface area contributed by atoms with Crippen molar-refractivity contribution in [2.24, 2.45) is 0 Å². The van der Waals surface area contributed by atoms with Crippen LogP contribution in [0.4, 0.5) is 0 Å². The van der Waals surface area contributed by atoms with Crippen LogP contribution in [-0.4, -0.2) is 36.5 Å². The van der Waals surface area contributed by atoms with Gasteiger partial charge in [0.15, 0.2) is 0 Å². The Labute approximate surface area is 192 Å². The van der Waals surface area contributed by atoms with Gasteiger partial charge in [-0.2, -0.15) is 5.10 Å². The fraction of sp³-hybridized carbons (Fsp3) is 0.269. The molecule has 2 unspecified atom stereocenters. The van der Waals surface area contributed by atoms with E-state index in [1.54, 1.807) is 23.4 Å². The fourth-order valence-electron chi connectivity index (χ4n) is 4.56. The standard InChI is InChI=1S/C26H26N4O3/c31-26(32)24(33-23-12-6-10-19-7-4-5-11-22(19)23)17-30-16-21(15-28-30)25(29-14-13-27-18-29)20-8-2-1-3-9-20/h1-3,6,8-10,12-16,18,24-25H,4-5,7,11,17H2,(H,31,32). The van der Waals surface area contributed by atoms with Crippen LogP contribution < -0.4 is 4.74 Å². The third kappa shape index (κ3) is 4.53. The largest absolute Gasteiger partial charge is 0.478 e. The first-order valence-corrected chi connectivity index (χ1v) is 11.2. The molecule has 0 radical (unpaired) electrons. The molecule has 2 atom stereocenters. The van der Waals surface area contributed by atoms with Gasteiger partial charge in [-0.15, -0.1) is 0 Å². The molecule has 1 aliphatic rings. The number of aryl methyl sites for hydroxylation is 1. The van der Waals surface area contributed by atoms with Crippen molar-refractivity contribution in [1.29, 1.82) is 0 Å². The highest BCUT2D eigenvalue weighted by molar-refractivity contribution is 5.72. The van der Waals surface area contributed by atoms with Gasteiger partial charge in [-0.25, -0.2) is 9.78 Å². The first-order valence-electron chi connectivity index (χ1n) is 11.2. The monoisotopic (exact) mass is 442 g/mol. The van der Waals surface area contributed by atoms with Crippen molar-refractivity contribution in [3.05, 3.63) is 102 Å². The lowest BCUT2D eigenvalue weighted by molar-refractivity contribution is -0.145. The molecule has 0 fully saturated rings. The van der Waals surface area contributed by atoms with E-state index in [4.69, 9.17) is 4.74 Å². The Morgan fingerprint density at radius 2 is 1.91 bits per heavy atom. The number of carboxylic acids is 1. The molecule has 0 aliphatic heterocycles. The van der Waals surface area contributed by atoms with Gasteiger partial charge in [-0.05, 0) is 48.4 Å². The minimum Gasteiger partial charge on any atom is -0.478 e. The molecule has 168 valence electrons. The second-order valence-electron chi connectivity index (χ2n) is 8.36. The number of rotatable bonds is 8. The van der Waals surface area contributed by atoms with E-state index in [9.17, 15) is 9.90 Å². The van der Waals surface area contributed by atoms with Crippen molar-refractivity contribution >= 4 is 5.97 Å². The molecule has 33 heavy (non-hydrogen) atoms. The number of hydrogen-bond acceptors (Lipinski definition) is 4. The van der Waals surface area contributed by atoms with Gasteiger partial charge in [0.05, 0.1) is 25.1 Å². The molecule has 0 amide bonds. The molecule has 1 N–H and O–H groups in total. The van der Waals surface area contributed by atoms with E-state index < -0.39 is 12.1 Å². The molecule has 2 heterocycles. The lowest BCUT2D eigenvalue weighted by atomic mass is 9.91. The van der Waals surface area contributed by atoms with Crippen molar-refractivity contribution < 1.29 is 14.6 Å². The number of benzene rings is 2. The number of aromatic nitrogens is 4. The van der Waals surface area contributed by atoms with E-state index in [0.717, 1.165) is 42.4 Å². The van der Waals surface area contributed by atoms with Crippen LogP contribution in [0.3, 0.4) is 0 Å². The summed E-state index contributed by atoms with van der Waals surface area (Å²) in [5, 5.41) is 14.3. The summed E-state index contributed by atoms with van der Waals surface area (Å²) in [6.07, 6.45) is 12.3. The van der Waals surface area contributed by atoms with Gasteiger partial charge < -0.3 is 14.4 Å². The maximum absolute atomic E-state index is 12.0. The third-order valence-corrected chi connectivity index (χ3v) is 6.16. The van der Waals surface area contributed by atoms with Crippen LogP contribution in [-0.2, 0) is 24.2 Å². The molecule has 0 saturated carbocycles. The number of nitrogens with zero attached hydrogens (tertiary/aromatic N) is 4. The average molecular weight is 443 g/mol. The summed E-state index contributed by atoms with van der Waals surface area (Å²) >= 11 is 0. The van der Waals surface area contributed by atoms with Crippen molar-refractivity contribution in [3.8, 4) is 5.75 Å². The van der Waals surface area contributed by atoms with Gasteiger partial charge in [-0.1, -0.05) is 42.5 Å². The van der Waals surface area contributed by atoms with Crippen LogP contribution in [0.2, 0.25) is 0 Å². The Morgan fingerprint density at radius 1 is 1.06 bits per heavy atom. The fourth-order valence-corrected chi connectivity index (χ4v) is 4.56. The highest BCUT2D eigenvalue weighted by Gasteiger charge is 2.25. The molecule has 0 spiro atoms. The summed E-state index contributed by atoms with van der Waals surface area (Å²) in [4.78, 5) is 16.2. The summed E-state index contributed by atoms with van der Waals surface area (Å²) < 4.78 is 9.69. The molecule has 5 rings (SSSR count). The van der Waals surface area contributed by atoms with Crippen molar-refractivity contribution in [2.45, 2.75) is 44.4 Å². The van der Waals surface area contributed by atoms with Gasteiger partial charge in [0.25, 0.3) is 0 Å². The van der Waals surface area contributed by atoms with Crippen LogP contribution in [0.5, 0.6) is 5.75 Å². The topological polar surface area (TPSA) is 82.2 Å². The van der Waals surface area contributed by atoms with E-state index in [2.05, 4.69) is 28.3 Å². The van der Waals surface area contributed by atoms with E-state index >= 15 is 0 Å². The minimum atomic E-state index is -1.03. The second-order valence-corrected chi connectivity index (χ2v) is 8.36. The number of fused-ring (bicyclic) bond motifs is 1. The Kier molecular flexibility index (Phi) is 5.93. The van der Waals surface area contributed by atoms with Gasteiger partial charge in [0.2, 0.25) is 6.10 Å². The molecule has 1 aliphatic carbocycles. The number of aliphatic carboxylic acids is 1. The Morgan fingerprint density at radius 3 is 2.70 bits per heavy atom. The summed E-state index contributed by atoms with van der Waals surface area (Å²) in [6.45, 7) is 0.116. The predicted molar refractivity (Wildman–Crippen MR) is 123 cm³/mol. The molecular weight excluding hydrogens is 416 g/mol. The Bertz CT molecular complexity index is 1220. The Hall–Kier alpha value is -3.87. The Balaban J connectivity index is 1.39. The average Bonchev–Trinajstić information content (AvgIpc) is 3.53. The molecule has 2 aromatic heterocycles. The van der Waals surface area contributed by atoms with Crippen molar-refractivity contribution in [1.82, 2.24) is 19.3 Å². The zero-order chi connectivity index (χ0) is 22.6. The normalized spacial score (nSPS) is 14.9. The number of ether oxygens (including phenoxy) is 1. The van der Waals surface area contributed by atoms with E-state index in [1.165, 1.54) is 5.56 Å². The molecule has 7 nitrogen and oxygen atoms in total. The van der Waals surface area contributed by atoms with E-state index in [1.807, 2.05) is 47.3 Å². The quantitative estimate of drug-likeness (QED) is 0.444. The molecular formula is C26H26N4O3.